The summed E-state index contributed by atoms with van der Waals surface area (Å²) in [4.78, 5) is 36.8. The van der Waals surface area contributed by atoms with E-state index in [0.29, 0.717) is 30.0 Å². The predicted octanol–water partition coefficient (Wildman–Crippen LogP) is 6.19. The Morgan fingerprint density at radius 1 is 1.05 bits per heavy atom. The summed E-state index contributed by atoms with van der Waals surface area (Å²) in [7, 11) is 0. The van der Waals surface area contributed by atoms with Crippen molar-refractivity contribution in [1.82, 2.24) is 15.2 Å². The summed E-state index contributed by atoms with van der Waals surface area (Å²) in [6.07, 6.45) is 12.5. The second-order valence-corrected chi connectivity index (χ2v) is 15.1. The van der Waals surface area contributed by atoms with Gasteiger partial charge >= 0.3 is 0 Å². The van der Waals surface area contributed by atoms with Crippen LogP contribution in [0.5, 0.6) is 0 Å². The van der Waals surface area contributed by atoms with Crippen LogP contribution >= 0.6 is 22.9 Å². The number of likely N-dealkylation sites (tertiary alicyclic amines) is 1. The number of nitrogens with one attached hydrogen (secondary N) is 1. The maximum Gasteiger partial charge on any atom is 0.233 e. The first-order valence-corrected chi connectivity index (χ1v) is 16.7. The Morgan fingerprint density at radius 2 is 1.85 bits per heavy atom. The average Bonchev–Trinajstić information content (AvgIpc) is 3.77. The summed E-state index contributed by atoms with van der Waals surface area (Å²) in [5.74, 6) is 0.801. The molecule has 5 atom stereocenters. The third-order valence-electron chi connectivity index (χ3n) is 11.5. The molecule has 6 aliphatic rings. The molecule has 0 radical (unpaired) electrons. The number of thiophene rings is 1. The van der Waals surface area contributed by atoms with Gasteiger partial charge < -0.3 is 10.2 Å². The minimum atomic E-state index is -0.0718. The predicted molar refractivity (Wildman–Crippen MR) is 162 cm³/mol. The van der Waals surface area contributed by atoms with E-state index in [4.69, 9.17) is 16.6 Å². The van der Waals surface area contributed by atoms with Crippen molar-refractivity contribution in [2.24, 2.45) is 23.7 Å². The molecule has 2 saturated heterocycles. The van der Waals surface area contributed by atoms with E-state index in [2.05, 4.69) is 34.5 Å². The van der Waals surface area contributed by atoms with Crippen LogP contribution in [0.15, 0.2) is 30.5 Å². The second-order valence-electron chi connectivity index (χ2n) is 13.6. The number of amides is 2. The number of anilines is 1. The van der Waals surface area contributed by atoms with Crippen LogP contribution < -0.4 is 10.2 Å². The molecular formula is C33H35ClN4O2S. The van der Waals surface area contributed by atoms with Crippen molar-refractivity contribution in [2.75, 3.05) is 18.0 Å². The first kappa shape index (κ1) is 25.1. The fraction of sp³-hybridized carbons (Fsp3) is 0.545. The minimum absolute atomic E-state index is 0.0619. The molecule has 41 heavy (non-hydrogen) atoms. The maximum absolute atomic E-state index is 13.4. The molecule has 5 fully saturated rings. The zero-order chi connectivity index (χ0) is 27.5. The van der Waals surface area contributed by atoms with E-state index in [-0.39, 0.29) is 23.7 Å². The molecule has 212 valence electrons. The van der Waals surface area contributed by atoms with Crippen LogP contribution in [0, 0.1) is 23.7 Å². The molecule has 5 heterocycles. The fourth-order valence-corrected chi connectivity index (χ4v) is 10.9. The molecule has 1 spiro atoms. The molecule has 0 unspecified atom stereocenters. The summed E-state index contributed by atoms with van der Waals surface area (Å²) < 4.78 is 1.11. The number of rotatable bonds is 4. The second kappa shape index (κ2) is 9.01. The van der Waals surface area contributed by atoms with Gasteiger partial charge in [0.25, 0.3) is 0 Å². The van der Waals surface area contributed by atoms with Crippen molar-refractivity contribution >= 4 is 50.7 Å². The Balaban J connectivity index is 1.08. The summed E-state index contributed by atoms with van der Waals surface area (Å²) in [6, 6.07) is 9.01. The number of fused-ring (bicyclic) bond motifs is 7. The topological polar surface area (TPSA) is 65.5 Å². The normalized spacial score (nSPS) is 31.4. The largest absolute Gasteiger partial charge is 0.366 e. The quantitative estimate of drug-likeness (QED) is 0.370. The number of benzene rings is 1. The first-order chi connectivity index (χ1) is 20.0. The van der Waals surface area contributed by atoms with Crippen molar-refractivity contribution in [3.05, 3.63) is 45.9 Å². The van der Waals surface area contributed by atoms with E-state index in [1.807, 2.05) is 6.20 Å². The van der Waals surface area contributed by atoms with Gasteiger partial charge in [0.1, 0.15) is 0 Å². The molecule has 2 amide bonds. The third-order valence-corrected chi connectivity index (χ3v) is 12.8. The SMILES string of the molecule is O=C1[C@@H]2[C@H]3CC[C@H](C3)[C@@H]2C(=O)N1Cc1cc2nccc(-c3cc(Cl)cc4c3N([C@@H]3CNC5(CCC5)C3)CCC4)c2s1. The molecule has 2 bridgehead atoms. The van der Waals surface area contributed by atoms with Gasteiger partial charge in [-0.1, -0.05) is 11.6 Å². The molecular weight excluding hydrogens is 552 g/mol. The Labute approximate surface area is 249 Å². The lowest BCUT2D eigenvalue weighted by molar-refractivity contribution is -0.141. The molecule has 3 aliphatic carbocycles. The number of carbonyl (C=O) groups excluding carboxylic acids is 2. The minimum Gasteiger partial charge on any atom is -0.366 e. The molecule has 3 saturated carbocycles. The van der Waals surface area contributed by atoms with Gasteiger partial charge in [0, 0.05) is 57.6 Å². The number of aromatic nitrogens is 1. The van der Waals surface area contributed by atoms with Crippen LogP contribution in [-0.2, 0) is 22.6 Å². The number of nitrogens with zero attached hydrogens (tertiary/aromatic N) is 3. The zero-order valence-corrected chi connectivity index (χ0v) is 24.8. The van der Waals surface area contributed by atoms with Crippen molar-refractivity contribution in [1.29, 1.82) is 0 Å². The number of aryl methyl sites for hydroxylation is 1. The van der Waals surface area contributed by atoms with E-state index in [9.17, 15) is 9.59 Å². The molecule has 3 aliphatic heterocycles. The van der Waals surface area contributed by atoms with Gasteiger partial charge in [0.15, 0.2) is 0 Å². The average molecular weight is 587 g/mol. The van der Waals surface area contributed by atoms with Gasteiger partial charge in [0.2, 0.25) is 11.8 Å². The van der Waals surface area contributed by atoms with Crippen LogP contribution in [0.4, 0.5) is 5.69 Å². The number of imide groups is 1. The highest BCUT2D eigenvalue weighted by Gasteiger charge is 2.60. The van der Waals surface area contributed by atoms with Crippen LogP contribution in [-0.4, -0.2) is 46.4 Å². The Morgan fingerprint density at radius 3 is 2.59 bits per heavy atom. The van der Waals surface area contributed by atoms with Gasteiger partial charge in [-0.25, -0.2) is 0 Å². The van der Waals surface area contributed by atoms with Crippen molar-refractivity contribution in [3.63, 3.8) is 0 Å². The van der Waals surface area contributed by atoms with Gasteiger partial charge in [-0.15, -0.1) is 11.3 Å². The van der Waals surface area contributed by atoms with Crippen LogP contribution in [0.3, 0.4) is 0 Å². The fourth-order valence-electron chi connectivity index (χ4n) is 9.50. The molecule has 6 nitrogen and oxygen atoms in total. The third kappa shape index (κ3) is 3.67. The number of pyridine rings is 1. The monoisotopic (exact) mass is 586 g/mol. The number of hydrogen-bond acceptors (Lipinski definition) is 6. The smallest absolute Gasteiger partial charge is 0.233 e. The standard InChI is InChI=1S/C33H35ClN4O2S/c34-21-12-20-3-1-10-37(22-15-33(36-16-22)7-2-8-33)29(20)25(13-21)24-6-9-35-26-14-23(41-30(24)26)17-38-31(39)27-18-4-5-19(11-18)28(27)32(38)40/h6,9,12-14,18-19,22,27-28,36H,1-5,7-8,10-11,15-17H2/t18-,19+,22-,27+,28-/m0/s1. The van der Waals surface area contributed by atoms with Gasteiger partial charge in [-0.05, 0) is 99.5 Å². The molecule has 9 rings (SSSR count). The van der Waals surface area contributed by atoms with Gasteiger partial charge in [-0.2, -0.15) is 0 Å². The summed E-state index contributed by atoms with van der Waals surface area (Å²) in [5, 5.41) is 4.66. The van der Waals surface area contributed by atoms with E-state index in [1.54, 1.807) is 16.2 Å². The van der Waals surface area contributed by atoms with Crippen LogP contribution in [0.25, 0.3) is 21.3 Å². The molecule has 1 N–H and O–H groups in total. The highest BCUT2D eigenvalue weighted by Crippen LogP contribution is 2.56. The van der Waals surface area contributed by atoms with E-state index >= 15 is 0 Å². The highest BCUT2D eigenvalue weighted by atomic mass is 35.5. The number of carbonyl (C=O) groups is 2. The lowest BCUT2D eigenvalue weighted by Crippen LogP contribution is -2.46. The Hall–Kier alpha value is -2.48. The van der Waals surface area contributed by atoms with Crippen LogP contribution in [0.2, 0.25) is 5.02 Å². The highest BCUT2D eigenvalue weighted by molar-refractivity contribution is 7.19. The summed E-state index contributed by atoms with van der Waals surface area (Å²) >= 11 is 8.44. The van der Waals surface area contributed by atoms with Gasteiger partial charge in [0.05, 0.1) is 28.6 Å². The van der Waals surface area contributed by atoms with Crippen molar-refractivity contribution < 1.29 is 9.59 Å². The molecule has 3 aromatic rings. The summed E-state index contributed by atoms with van der Waals surface area (Å²) in [5.41, 5.74) is 6.28. The van der Waals surface area contributed by atoms with Crippen molar-refractivity contribution in [2.45, 2.75) is 75.9 Å². The maximum atomic E-state index is 13.4. The lowest BCUT2D eigenvalue weighted by atomic mass is 9.75. The lowest BCUT2D eigenvalue weighted by Gasteiger charge is -2.41. The summed E-state index contributed by atoms with van der Waals surface area (Å²) in [6.45, 7) is 2.47. The first-order valence-electron chi connectivity index (χ1n) is 15.6. The van der Waals surface area contributed by atoms with Gasteiger partial charge in [-0.3, -0.25) is 19.5 Å². The van der Waals surface area contributed by atoms with Crippen molar-refractivity contribution in [3.8, 4) is 11.1 Å². The molecule has 1 aromatic carbocycles. The number of hydrogen-bond donors (Lipinski definition) is 1. The molecule has 8 heteroatoms. The van der Waals surface area contributed by atoms with Crippen LogP contribution in [0.1, 0.15) is 61.8 Å². The van der Waals surface area contributed by atoms with E-state index in [0.717, 1.165) is 70.9 Å². The van der Waals surface area contributed by atoms with E-state index in [1.165, 1.54) is 42.5 Å². The number of halogens is 1. The Kier molecular flexibility index (Phi) is 5.51. The zero-order valence-electron chi connectivity index (χ0n) is 23.2. The molecule has 2 aromatic heterocycles. The Bertz CT molecular complexity index is 1590. The van der Waals surface area contributed by atoms with E-state index < -0.39 is 0 Å².